The summed E-state index contributed by atoms with van der Waals surface area (Å²) in [7, 11) is 1.36. The van der Waals surface area contributed by atoms with E-state index in [9.17, 15) is 24.3 Å². The molecule has 0 saturated carbocycles. The number of amides is 2. The number of likely N-dealkylation sites (tertiary alicyclic amines) is 1. The molecule has 0 aromatic carbocycles. The Balaban J connectivity index is 1.42. The van der Waals surface area contributed by atoms with E-state index in [0.717, 1.165) is 0 Å². The van der Waals surface area contributed by atoms with E-state index in [4.69, 9.17) is 4.74 Å². The molecule has 5 rings (SSSR count). The van der Waals surface area contributed by atoms with Gasteiger partial charge in [-0.15, -0.1) is 0 Å². The van der Waals surface area contributed by atoms with Gasteiger partial charge in [0.2, 0.25) is 0 Å². The maximum Gasteiger partial charge on any atom is 0.409 e. The Kier molecular flexibility index (Phi) is 8.27. The number of nitrogens with one attached hydrogen (secondary N) is 2. The van der Waals surface area contributed by atoms with E-state index in [1.165, 1.54) is 33.4 Å². The number of carbonyl (C=O) groups excluding carboxylic acids is 2. The predicted molar refractivity (Wildman–Crippen MR) is 154 cm³/mol. The number of methoxy groups -OCH3 is 1. The average Bonchev–Trinajstić information content (AvgIpc) is 3.65. The molecule has 2 amide bonds. The van der Waals surface area contributed by atoms with Crippen LogP contribution in [0.5, 0.6) is 0 Å². The highest BCUT2D eigenvalue weighted by Gasteiger charge is 2.28. The molecule has 0 radical (unpaired) electrons. The number of piperidine rings is 1. The Hall–Kier alpha value is -5.03. The minimum absolute atomic E-state index is 0.0759. The highest BCUT2D eigenvalue weighted by atomic mass is 19.1. The van der Waals surface area contributed by atoms with Crippen LogP contribution in [0.2, 0.25) is 0 Å². The van der Waals surface area contributed by atoms with Gasteiger partial charge >= 0.3 is 6.09 Å². The fraction of sp³-hybridized carbons (Fsp3) is 0.379. The van der Waals surface area contributed by atoms with E-state index in [2.05, 4.69) is 31.9 Å². The van der Waals surface area contributed by atoms with Crippen molar-refractivity contribution in [2.45, 2.75) is 44.5 Å². The lowest BCUT2D eigenvalue weighted by atomic mass is 10.0. The maximum absolute atomic E-state index is 14.4. The van der Waals surface area contributed by atoms with Gasteiger partial charge in [0.25, 0.3) is 5.91 Å². The van der Waals surface area contributed by atoms with Gasteiger partial charge in [-0.05, 0) is 51.0 Å². The van der Waals surface area contributed by atoms with Crippen LogP contribution < -0.4 is 10.6 Å². The van der Waals surface area contributed by atoms with Crippen LogP contribution >= 0.6 is 0 Å². The summed E-state index contributed by atoms with van der Waals surface area (Å²) >= 11 is 0. The molecule has 1 unspecified atom stereocenters. The number of pyridine rings is 1. The Morgan fingerprint density at radius 3 is 2.67 bits per heavy atom. The zero-order chi connectivity index (χ0) is 30.7. The lowest BCUT2D eigenvalue weighted by Crippen LogP contribution is -2.42. The van der Waals surface area contributed by atoms with E-state index >= 15 is 0 Å². The number of fused-ring (bicyclic) bond motifs is 1. The number of alkyl halides is 1. The highest BCUT2D eigenvalue weighted by molar-refractivity contribution is 6.00. The van der Waals surface area contributed by atoms with Crippen LogP contribution in [0.4, 0.5) is 20.6 Å². The van der Waals surface area contributed by atoms with Crippen molar-refractivity contribution in [3.63, 3.8) is 0 Å². The molecule has 4 aromatic heterocycles. The summed E-state index contributed by atoms with van der Waals surface area (Å²) < 4.78 is 22.7. The molecule has 0 bridgehead atoms. The second-order valence-electron chi connectivity index (χ2n) is 10.9. The molecule has 1 fully saturated rings. The number of hydrogen-bond acceptors (Lipinski definition) is 9. The Bertz CT molecular complexity index is 1680. The van der Waals surface area contributed by atoms with Gasteiger partial charge in [0, 0.05) is 25.5 Å². The summed E-state index contributed by atoms with van der Waals surface area (Å²) in [5.74, 6) is -0.576. The largest absolute Gasteiger partial charge is 0.453 e. The van der Waals surface area contributed by atoms with Crippen molar-refractivity contribution in [3.05, 3.63) is 60.2 Å². The molecule has 1 saturated heterocycles. The Labute approximate surface area is 246 Å². The van der Waals surface area contributed by atoms with Crippen molar-refractivity contribution in [1.29, 1.82) is 5.26 Å². The van der Waals surface area contributed by atoms with Gasteiger partial charge in [-0.1, -0.05) is 0 Å². The van der Waals surface area contributed by atoms with Gasteiger partial charge < -0.3 is 25.4 Å². The summed E-state index contributed by atoms with van der Waals surface area (Å²) in [6, 6.07) is 9.16. The molecule has 1 aliphatic rings. The fourth-order valence-corrected chi connectivity index (χ4v) is 4.86. The molecule has 1 atom stereocenters. The SMILES string of the molecule is COC(=O)N1CCC(n2cc(Nc3cc(-c4ccc5cc(C#N)cnn45)ncc3C(=O)NCC(F)C(C)(C)O)cn2)CC1. The number of halogens is 1. The summed E-state index contributed by atoms with van der Waals surface area (Å²) in [6.45, 7) is 3.38. The van der Waals surface area contributed by atoms with Crippen molar-refractivity contribution in [2.24, 2.45) is 0 Å². The average molecular weight is 590 g/mol. The molecule has 43 heavy (non-hydrogen) atoms. The number of carbonyl (C=O) groups is 2. The highest BCUT2D eigenvalue weighted by Crippen LogP contribution is 2.29. The van der Waals surface area contributed by atoms with Crippen LogP contribution in [0.15, 0.2) is 49.1 Å². The number of rotatable bonds is 8. The van der Waals surface area contributed by atoms with E-state index < -0.39 is 17.7 Å². The first-order chi connectivity index (χ1) is 20.6. The quantitative estimate of drug-likeness (QED) is 0.279. The van der Waals surface area contributed by atoms with Gasteiger partial charge in [-0.25, -0.2) is 13.7 Å². The van der Waals surface area contributed by atoms with Gasteiger partial charge in [0.1, 0.15) is 12.2 Å². The molecule has 14 heteroatoms. The van der Waals surface area contributed by atoms with E-state index in [0.29, 0.717) is 59.8 Å². The zero-order valence-corrected chi connectivity index (χ0v) is 24.0. The molecular weight excluding hydrogens is 557 g/mol. The standard InChI is InChI=1S/C29H32FN9O4/c1-29(2,42)26(30)16-33-27(40)22-15-32-24(25-5-4-21-10-18(12-31)13-35-39(21)25)11-23(22)36-19-14-34-38(17-19)20-6-8-37(9-7-20)28(41)43-3/h4-5,10-11,13-15,17,20,26,42H,6-9,16H2,1-3H3,(H,32,36)(H,33,40). The van der Waals surface area contributed by atoms with E-state index in [-0.39, 0.29) is 24.2 Å². The van der Waals surface area contributed by atoms with Crippen LogP contribution in [-0.2, 0) is 4.74 Å². The van der Waals surface area contributed by atoms with Crippen LogP contribution in [0.1, 0.15) is 48.7 Å². The normalized spacial score (nSPS) is 14.7. The third-order valence-electron chi connectivity index (χ3n) is 7.40. The first-order valence-electron chi connectivity index (χ1n) is 13.7. The molecule has 0 aliphatic carbocycles. The summed E-state index contributed by atoms with van der Waals surface area (Å²) in [5.41, 5.74) is 1.80. The van der Waals surface area contributed by atoms with Crippen molar-refractivity contribution >= 4 is 28.9 Å². The predicted octanol–water partition coefficient (Wildman–Crippen LogP) is 3.45. The third kappa shape index (κ3) is 6.41. The first kappa shape index (κ1) is 29.5. The van der Waals surface area contributed by atoms with Gasteiger partial charge in [-0.2, -0.15) is 15.5 Å². The number of ether oxygens (including phenoxy) is 1. The summed E-state index contributed by atoms with van der Waals surface area (Å²) in [6.07, 6.45) is 5.69. The second-order valence-corrected chi connectivity index (χ2v) is 10.9. The molecule has 13 nitrogen and oxygen atoms in total. The molecular formula is C29H32FN9O4. The van der Waals surface area contributed by atoms with Crippen molar-refractivity contribution in [3.8, 4) is 17.5 Å². The Morgan fingerprint density at radius 1 is 1.21 bits per heavy atom. The first-order valence-corrected chi connectivity index (χ1v) is 13.7. The molecule has 3 N–H and O–H groups in total. The van der Waals surface area contributed by atoms with Gasteiger partial charge in [0.15, 0.2) is 0 Å². The Morgan fingerprint density at radius 2 is 1.98 bits per heavy atom. The maximum atomic E-state index is 14.4. The van der Waals surface area contributed by atoms with Gasteiger partial charge in [-0.3, -0.25) is 14.5 Å². The minimum atomic E-state index is -1.68. The molecule has 1 aliphatic heterocycles. The fourth-order valence-electron chi connectivity index (χ4n) is 4.86. The number of nitriles is 1. The van der Waals surface area contributed by atoms with Crippen LogP contribution in [0.3, 0.4) is 0 Å². The molecule has 5 heterocycles. The van der Waals surface area contributed by atoms with Gasteiger partial charge in [0.05, 0.1) is 77.1 Å². The van der Waals surface area contributed by atoms with Crippen LogP contribution in [-0.4, -0.2) is 84.9 Å². The summed E-state index contributed by atoms with van der Waals surface area (Å²) in [5, 5.41) is 33.8. The van der Waals surface area contributed by atoms with Crippen molar-refractivity contribution in [1.82, 2.24) is 34.6 Å². The third-order valence-corrected chi connectivity index (χ3v) is 7.40. The van der Waals surface area contributed by atoms with Crippen LogP contribution in [0.25, 0.3) is 16.9 Å². The van der Waals surface area contributed by atoms with E-state index in [1.807, 2.05) is 23.0 Å². The molecule has 4 aromatic rings. The van der Waals surface area contributed by atoms with Crippen molar-refractivity contribution < 1.29 is 23.8 Å². The lowest BCUT2D eigenvalue weighted by molar-refractivity contribution is -0.00177. The van der Waals surface area contributed by atoms with Crippen LogP contribution in [0, 0.1) is 11.3 Å². The smallest absolute Gasteiger partial charge is 0.409 e. The summed E-state index contributed by atoms with van der Waals surface area (Å²) in [4.78, 5) is 31.2. The lowest BCUT2D eigenvalue weighted by Gasteiger charge is -2.30. The monoisotopic (exact) mass is 589 g/mol. The topological polar surface area (TPSA) is 163 Å². The number of aromatic nitrogens is 5. The van der Waals surface area contributed by atoms with Crippen molar-refractivity contribution in [2.75, 3.05) is 32.1 Å². The number of hydrogen-bond donors (Lipinski definition) is 3. The minimum Gasteiger partial charge on any atom is -0.453 e. The second kappa shape index (κ2) is 12.1. The zero-order valence-electron chi connectivity index (χ0n) is 24.0. The number of nitrogens with zero attached hydrogens (tertiary/aromatic N) is 7. The molecule has 224 valence electrons. The van der Waals surface area contributed by atoms with E-state index in [1.54, 1.807) is 27.7 Å². The number of aliphatic hydroxyl groups is 1. The number of anilines is 2. The molecule has 0 spiro atoms.